The van der Waals surface area contributed by atoms with Crippen molar-refractivity contribution in [2.45, 2.75) is 6.92 Å². The summed E-state index contributed by atoms with van der Waals surface area (Å²) in [6.07, 6.45) is 1.35. The molecule has 1 amide bonds. The Morgan fingerprint density at radius 1 is 1.00 bits per heavy atom. The number of benzene rings is 2. The Kier molecular flexibility index (Phi) is 4.56. The smallest absolute Gasteiger partial charge is 0.280 e. The number of amides is 1. The second-order valence-corrected chi connectivity index (χ2v) is 6.86. The molecule has 0 N–H and O–H groups in total. The van der Waals surface area contributed by atoms with E-state index in [0.717, 1.165) is 0 Å². The van der Waals surface area contributed by atoms with Crippen molar-refractivity contribution < 1.29 is 36.2 Å². The lowest BCUT2D eigenvalue weighted by molar-refractivity contribution is -0.114. The number of halogens is 6. The molecular formula is C18H8BrF5N2O3. The predicted molar refractivity (Wildman–Crippen MR) is 95.1 cm³/mol. The van der Waals surface area contributed by atoms with E-state index in [2.05, 4.69) is 21.0 Å². The molecular weight excluding hydrogens is 467 g/mol. The Balaban J connectivity index is 1.79. The van der Waals surface area contributed by atoms with Crippen LogP contribution in [-0.4, -0.2) is 18.4 Å². The van der Waals surface area contributed by atoms with Crippen LogP contribution in [0.1, 0.15) is 12.5 Å². The maximum absolute atomic E-state index is 14.1. The Hall–Kier alpha value is -2.95. The first kappa shape index (κ1) is 19.4. The summed E-state index contributed by atoms with van der Waals surface area (Å²) in [5.74, 6) is -11.1. The van der Waals surface area contributed by atoms with Crippen molar-refractivity contribution in [3.8, 4) is 11.5 Å². The van der Waals surface area contributed by atoms with Crippen LogP contribution in [0.25, 0.3) is 6.08 Å². The molecule has 0 fully saturated rings. The molecule has 29 heavy (non-hydrogen) atoms. The molecule has 2 aliphatic rings. The van der Waals surface area contributed by atoms with Crippen LogP contribution < -0.4 is 14.5 Å². The number of nitrogens with zero attached hydrogens (tertiary/aromatic N) is 2. The van der Waals surface area contributed by atoms with E-state index in [9.17, 15) is 26.7 Å². The van der Waals surface area contributed by atoms with Gasteiger partial charge in [0.2, 0.25) is 12.6 Å². The van der Waals surface area contributed by atoms with Crippen LogP contribution in [0.2, 0.25) is 0 Å². The van der Waals surface area contributed by atoms with Gasteiger partial charge in [0.05, 0.1) is 11.3 Å². The van der Waals surface area contributed by atoms with E-state index in [0.29, 0.717) is 21.5 Å². The summed E-state index contributed by atoms with van der Waals surface area (Å²) in [4.78, 5) is 12.7. The van der Waals surface area contributed by atoms with Gasteiger partial charge in [-0.05, 0) is 30.7 Å². The summed E-state index contributed by atoms with van der Waals surface area (Å²) >= 11 is 3.30. The van der Waals surface area contributed by atoms with Gasteiger partial charge in [0, 0.05) is 4.47 Å². The Bertz CT molecular complexity index is 1120. The summed E-state index contributed by atoms with van der Waals surface area (Å²) in [5.41, 5.74) is -1.08. The predicted octanol–water partition coefficient (Wildman–Crippen LogP) is 4.68. The van der Waals surface area contributed by atoms with Crippen molar-refractivity contribution in [1.82, 2.24) is 0 Å². The van der Waals surface area contributed by atoms with Crippen molar-refractivity contribution in [1.29, 1.82) is 0 Å². The van der Waals surface area contributed by atoms with Crippen LogP contribution >= 0.6 is 15.9 Å². The van der Waals surface area contributed by atoms with E-state index >= 15 is 0 Å². The van der Waals surface area contributed by atoms with Crippen molar-refractivity contribution in [3.63, 3.8) is 0 Å². The van der Waals surface area contributed by atoms with Crippen molar-refractivity contribution in [2.24, 2.45) is 5.10 Å². The number of rotatable bonds is 2. The van der Waals surface area contributed by atoms with E-state index in [-0.39, 0.29) is 23.1 Å². The first-order valence-electron chi connectivity index (χ1n) is 7.93. The lowest BCUT2D eigenvalue weighted by atomic mass is 10.1. The highest BCUT2D eigenvalue weighted by atomic mass is 79.9. The summed E-state index contributed by atoms with van der Waals surface area (Å²) in [7, 11) is 0. The van der Waals surface area contributed by atoms with Gasteiger partial charge in [0.1, 0.15) is 5.69 Å². The average molecular weight is 475 g/mol. The third-order valence-corrected chi connectivity index (χ3v) is 4.94. The van der Waals surface area contributed by atoms with Gasteiger partial charge in [-0.3, -0.25) is 4.79 Å². The van der Waals surface area contributed by atoms with E-state index < -0.39 is 40.7 Å². The van der Waals surface area contributed by atoms with Gasteiger partial charge in [0.15, 0.2) is 34.8 Å². The molecule has 0 unspecified atom stereocenters. The highest BCUT2D eigenvalue weighted by molar-refractivity contribution is 9.10. The fraction of sp³-hybridized carbons (Fsp3) is 0.111. The first-order chi connectivity index (χ1) is 13.7. The molecule has 2 aliphatic heterocycles. The molecule has 0 radical (unpaired) electrons. The number of hydrazone groups is 1. The second-order valence-electron chi connectivity index (χ2n) is 6.01. The molecule has 0 saturated carbocycles. The molecule has 5 nitrogen and oxygen atoms in total. The summed E-state index contributed by atoms with van der Waals surface area (Å²) in [6, 6.07) is 3.16. The molecule has 0 bridgehead atoms. The molecule has 0 saturated heterocycles. The van der Waals surface area contributed by atoms with Crippen LogP contribution in [0.5, 0.6) is 11.5 Å². The molecule has 2 heterocycles. The number of hydrogen-bond donors (Lipinski definition) is 0. The maximum Gasteiger partial charge on any atom is 0.280 e. The average Bonchev–Trinajstić information content (AvgIpc) is 3.24. The monoisotopic (exact) mass is 474 g/mol. The highest BCUT2D eigenvalue weighted by Crippen LogP contribution is 2.39. The third-order valence-electron chi connectivity index (χ3n) is 4.25. The van der Waals surface area contributed by atoms with Crippen molar-refractivity contribution >= 4 is 39.3 Å². The van der Waals surface area contributed by atoms with Crippen molar-refractivity contribution in [2.75, 3.05) is 11.8 Å². The largest absolute Gasteiger partial charge is 0.454 e. The van der Waals surface area contributed by atoms with E-state index in [1.54, 1.807) is 12.1 Å². The molecule has 0 aliphatic carbocycles. The second kappa shape index (κ2) is 6.83. The SMILES string of the molecule is CC1=NN(c2c(F)c(F)c(F)c(F)c2F)C(=O)/C1=C\c1cc2c(cc1Br)OCO2. The molecule has 11 heteroatoms. The number of hydrogen-bond acceptors (Lipinski definition) is 4. The van der Waals surface area contributed by atoms with E-state index in [1.165, 1.54) is 13.0 Å². The van der Waals surface area contributed by atoms with Gasteiger partial charge in [0.25, 0.3) is 5.91 Å². The molecule has 0 atom stereocenters. The molecule has 4 rings (SSSR count). The maximum atomic E-state index is 14.1. The minimum absolute atomic E-state index is 0.0171. The normalized spacial score (nSPS) is 16.8. The number of ether oxygens (including phenoxy) is 2. The van der Waals surface area contributed by atoms with E-state index in [4.69, 9.17) is 9.47 Å². The lowest BCUT2D eigenvalue weighted by Crippen LogP contribution is -2.25. The van der Waals surface area contributed by atoms with Gasteiger partial charge < -0.3 is 9.47 Å². The summed E-state index contributed by atoms with van der Waals surface area (Å²) in [5, 5.41) is 3.83. The Labute approximate surface area is 168 Å². The first-order valence-corrected chi connectivity index (χ1v) is 8.72. The van der Waals surface area contributed by atoms with Crippen LogP contribution in [-0.2, 0) is 4.79 Å². The zero-order chi connectivity index (χ0) is 21.0. The minimum atomic E-state index is -2.32. The molecule has 2 aromatic rings. The molecule has 150 valence electrons. The fourth-order valence-electron chi connectivity index (χ4n) is 2.81. The zero-order valence-corrected chi connectivity index (χ0v) is 15.9. The van der Waals surface area contributed by atoms with Crippen LogP contribution in [0.15, 0.2) is 27.3 Å². The van der Waals surface area contributed by atoms with Gasteiger partial charge in [-0.25, -0.2) is 22.0 Å². The van der Waals surface area contributed by atoms with Crippen LogP contribution in [0.4, 0.5) is 27.6 Å². The van der Waals surface area contributed by atoms with E-state index in [1.807, 2.05) is 0 Å². The highest BCUT2D eigenvalue weighted by Gasteiger charge is 2.37. The lowest BCUT2D eigenvalue weighted by Gasteiger charge is -2.15. The number of anilines is 1. The number of carbonyl (C=O) groups excluding carboxylic acids is 1. The summed E-state index contributed by atoms with van der Waals surface area (Å²) in [6.45, 7) is 1.38. The zero-order valence-electron chi connectivity index (χ0n) is 14.3. The molecule has 2 aromatic carbocycles. The van der Waals surface area contributed by atoms with Gasteiger partial charge in [-0.1, -0.05) is 15.9 Å². The minimum Gasteiger partial charge on any atom is -0.454 e. The van der Waals surface area contributed by atoms with Crippen LogP contribution in [0, 0.1) is 29.1 Å². The quantitative estimate of drug-likeness (QED) is 0.275. The van der Waals surface area contributed by atoms with Crippen LogP contribution in [0.3, 0.4) is 0 Å². The van der Waals surface area contributed by atoms with Gasteiger partial charge in [-0.15, -0.1) is 0 Å². The Morgan fingerprint density at radius 3 is 2.17 bits per heavy atom. The molecule has 0 spiro atoms. The standard InChI is InChI=1S/C18H8BrF5N2O3/c1-6-8(2-7-3-10-11(4-9(7)19)29-5-28-10)18(27)26(25-6)17-15(23)13(21)12(20)14(22)16(17)24/h2-4H,5H2,1H3/b8-2-. The molecule has 0 aromatic heterocycles. The van der Waals surface area contributed by atoms with Crippen molar-refractivity contribution in [3.05, 3.63) is 56.8 Å². The Morgan fingerprint density at radius 2 is 1.55 bits per heavy atom. The number of carbonyl (C=O) groups is 1. The summed E-state index contributed by atoms with van der Waals surface area (Å²) < 4.78 is 79.5. The third kappa shape index (κ3) is 2.96. The van der Waals surface area contributed by atoms with Gasteiger partial charge in [-0.2, -0.15) is 10.1 Å². The van der Waals surface area contributed by atoms with Gasteiger partial charge >= 0.3 is 0 Å². The topological polar surface area (TPSA) is 51.1 Å². The number of fused-ring (bicyclic) bond motifs is 1. The fourth-order valence-corrected chi connectivity index (χ4v) is 3.25.